The van der Waals surface area contributed by atoms with E-state index < -0.39 is 0 Å². The van der Waals surface area contributed by atoms with E-state index in [1.807, 2.05) is 37.4 Å². The van der Waals surface area contributed by atoms with Gasteiger partial charge in [-0.15, -0.1) is 0 Å². The standard InChI is InChI=1S/C17H17N5O/c1-11-12(9-21-22-11)5-4-8-18-17-16-15(19-10-20-17)13-6-2-3-7-14(13)23-16/h2-3,6-7,9-10H,4-5,8H2,1H3,(H,21,22)(H,18,19,20). The highest BCUT2D eigenvalue weighted by Crippen LogP contribution is 2.30. The Balaban J connectivity index is 1.51. The van der Waals surface area contributed by atoms with Crippen molar-refractivity contribution in [2.24, 2.45) is 0 Å². The van der Waals surface area contributed by atoms with E-state index in [1.54, 1.807) is 6.33 Å². The summed E-state index contributed by atoms with van der Waals surface area (Å²) in [4.78, 5) is 8.67. The highest BCUT2D eigenvalue weighted by atomic mass is 16.3. The summed E-state index contributed by atoms with van der Waals surface area (Å²) in [6.45, 7) is 2.85. The van der Waals surface area contributed by atoms with Crippen molar-refractivity contribution in [1.29, 1.82) is 0 Å². The van der Waals surface area contributed by atoms with Crippen molar-refractivity contribution in [3.63, 3.8) is 0 Å². The van der Waals surface area contributed by atoms with E-state index in [2.05, 4.69) is 25.5 Å². The molecule has 6 heteroatoms. The zero-order valence-corrected chi connectivity index (χ0v) is 12.8. The number of nitrogens with zero attached hydrogens (tertiary/aromatic N) is 3. The summed E-state index contributed by atoms with van der Waals surface area (Å²) in [5.41, 5.74) is 4.78. The van der Waals surface area contributed by atoms with Crippen molar-refractivity contribution in [2.45, 2.75) is 19.8 Å². The van der Waals surface area contributed by atoms with E-state index in [4.69, 9.17) is 4.42 Å². The van der Waals surface area contributed by atoms with Crippen molar-refractivity contribution < 1.29 is 4.42 Å². The van der Waals surface area contributed by atoms with Gasteiger partial charge in [-0.2, -0.15) is 5.10 Å². The van der Waals surface area contributed by atoms with Gasteiger partial charge in [0, 0.05) is 17.6 Å². The van der Waals surface area contributed by atoms with Crippen LogP contribution in [0.3, 0.4) is 0 Å². The Morgan fingerprint density at radius 1 is 1.22 bits per heavy atom. The number of benzene rings is 1. The maximum Gasteiger partial charge on any atom is 0.196 e. The van der Waals surface area contributed by atoms with Gasteiger partial charge in [0.25, 0.3) is 0 Å². The van der Waals surface area contributed by atoms with Gasteiger partial charge in [0.2, 0.25) is 0 Å². The van der Waals surface area contributed by atoms with Crippen LogP contribution in [-0.4, -0.2) is 26.7 Å². The first-order chi connectivity index (χ1) is 11.3. The number of anilines is 1. The van der Waals surface area contributed by atoms with Crippen LogP contribution in [0.4, 0.5) is 5.82 Å². The van der Waals surface area contributed by atoms with E-state index in [0.29, 0.717) is 5.58 Å². The minimum atomic E-state index is 0.716. The monoisotopic (exact) mass is 307 g/mol. The molecule has 116 valence electrons. The van der Waals surface area contributed by atoms with Gasteiger partial charge in [0.15, 0.2) is 11.4 Å². The number of aromatic amines is 1. The highest BCUT2D eigenvalue weighted by molar-refractivity contribution is 6.05. The second-order valence-electron chi connectivity index (χ2n) is 5.55. The molecule has 1 aromatic carbocycles. The van der Waals surface area contributed by atoms with E-state index in [1.165, 1.54) is 5.56 Å². The average molecular weight is 307 g/mol. The third kappa shape index (κ3) is 2.52. The largest absolute Gasteiger partial charge is 0.450 e. The molecule has 4 rings (SSSR count). The van der Waals surface area contributed by atoms with Crippen LogP contribution in [0, 0.1) is 6.92 Å². The maximum atomic E-state index is 5.90. The van der Waals surface area contributed by atoms with Crippen LogP contribution in [0.2, 0.25) is 0 Å². The van der Waals surface area contributed by atoms with Gasteiger partial charge in [0.05, 0.1) is 6.20 Å². The number of furan rings is 1. The van der Waals surface area contributed by atoms with Crippen LogP contribution in [-0.2, 0) is 6.42 Å². The first-order valence-electron chi connectivity index (χ1n) is 7.68. The fourth-order valence-electron chi connectivity index (χ4n) is 2.76. The molecule has 0 saturated heterocycles. The van der Waals surface area contributed by atoms with E-state index in [0.717, 1.165) is 47.4 Å². The molecule has 0 bridgehead atoms. The fraction of sp³-hybridized carbons (Fsp3) is 0.235. The number of fused-ring (bicyclic) bond motifs is 3. The average Bonchev–Trinajstić information content (AvgIpc) is 3.15. The second kappa shape index (κ2) is 5.72. The van der Waals surface area contributed by atoms with Gasteiger partial charge in [-0.25, -0.2) is 9.97 Å². The van der Waals surface area contributed by atoms with Gasteiger partial charge in [0.1, 0.15) is 17.4 Å². The summed E-state index contributed by atoms with van der Waals surface area (Å²) in [5, 5.41) is 11.4. The topological polar surface area (TPSA) is 79.6 Å². The molecule has 0 unspecified atom stereocenters. The van der Waals surface area contributed by atoms with Crippen molar-refractivity contribution in [1.82, 2.24) is 20.2 Å². The number of hydrogen-bond donors (Lipinski definition) is 2. The Bertz CT molecular complexity index is 956. The lowest BCUT2D eigenvalue weighted by atomic mass is 10.1. The van der Waals surface area contributed by atoms with Crippen LogP contribution in [0.1, 0.15) is 17.7 Å². The minimum absolute atomic E-state index is 0.716. The molecular formula is C17H17N5O. The first kappa shape index (κ1) is 13.8. The number of para-hydroxylation sites is 1. The number of hydrogen-bond acceptors (Lipinski definition) is 5. The molecule has 23 heavy (non-hydrogen) atoms. The Kier molecular flexibility index (Phi) is 3.42. The zero-order chi connectivity index (χ0) is 15.6. The summed E-state index contributed by atoms with van der Waals surface area (Å²) in [5.74, 6) is 0.745. The molecule has 0 radical (unpaired) electrons. The van der Waals surface area contributed by atoms with Crippen LogP contribution in [0.25, 0.3) is 22.1 Å². The third-order valence-electron chi connectivity index (χ3n) is 4.01. The van der Waals surface area contributed by atoms with Gasteiger partial charge < -0.3 is 9.73 Å². The molecule has 0 spiro atoms. The summed E-state index contributed by atoms with van der Waals surface area (Å²) in [6.07, 6.45) is 5.43. The summed E-state index contributed by atoms with van der Waals surface area (Å²) in [7, 11) is 0. The Morgan fingerprint density at radius 3 is 3.00 bits per heavy atom. The first-order valence-corrected chi connectivity index (χ1v) is 7.68. The Morgan fingerprint density at radius 2 is 2.13 bits per heavy atom. The number of aromatic nitrogens is 4. The normalized spacial score (nSPS) is 11.3. The molecule has 0 fully saturated rings. The molecule has 0 aliphatic rings. The number of H-pyrrole nitrogens is 1. The lowest BCUT2D eigenvalue weighted by molar-refractivity contribution is 0.666. The predicted octanol–water partition coefficient (Wildman–Crippen LogP) is 3.45. The number of nitrogens with one attached hydrogen (secondary N) is 2. The van der Waals surface area contributed by atoms with Crippen LogP contribution < -0.4 is 5.32 Å². The van der Waals surface area contributed by atoms with Gasteiger partial charge in [-0.3, -0.25) is 5.10 Å². The molecule has 0 aliphatic heterocycles. The second-order valence-corrected chi connectivity index (χ2v) is 5.55. The smallest absolute Gasteiger partial charge is 0.196 e. The summed E-state index contributed by atoms with van der Waals surface area (Å²) < 4.78 is 5.90. The molecule has 0 atom stereocenters. The lowest BCUT2D eigenvalue weighted by Gasteiger charge is -2.05. The number of rotatable bonds is 5. The Hall–Kier alpha value is -2.89. The van der Waals surface area contributed by atoms with Crippen LogP contribution >= 0.6 is 0 Å². The molecule has 0 amide bonds. The minimum Gasteiger partial charge on any atom is -0.450 e. The summed E-state index contributed by atoms with van der Waals surface area (Å²) in [6, 6.07) is 7.90. The molecule has 3 aromatic heterocycles. The van der Waals surface area contributed by atoms with Gasteiger partial charge in [-0.05, 0) is 37.5 Å². The number of aryl methyl sites for hydroxylation is 2. The van der Waals surface area contributed by atoms with Crippen LogP contribution in [0.15, 0.2) is 41.2 Å². The van der Waals surface area contributed by atoms with Crippen molar-refractivity contribution in [3.05, 3.63) is 48.0 Å². The molecule has 0 saturated carbocycles. The van der Waals surface area contributed by atoms with Crippen LogP contribution in [0.5, 0.6) is 0 Å². The van der Waals surface area contributed by atoms with Gasteiger partial charge in [-0.1, -0.05) is 12.1 Å². The fourth-order valence-corrected chi connectivity index (χ4v) is 2.76. The SMILES string of the molecule is Cc1[nH]ncc1CCCNc1ncnc2c1oc1ccccc12. The van der Waals surface area contributed by atoms with E-state index in [-0.39, 0.29) is 0 Å². The quantitative estimate of drug-likeness (QED) is 0.552. The van der Waals surface area contributed by atoms with Crippen molar-refractivity contribution >= 4 is 27.9 Å². The lowest BCUT2D eigenvalue weighted by Crippen LogP contribution is -2.05. The molecule has 6 nitrogen and oxygen atoms in total. The molecule has 3 heterocycles. The van der Waals surface area contributed by atoms with Gasteiger partial charge >= 0.3 is 0 Å². The molecule has 0 aliphatic carbocycles. The summed E-state index contributed by atoms with van der Waals surface area (Å²) >= 11 is 0. The predicted molar refractivity (Wildman–Crippen MR) is 89.4 cm³/mol. The highest BCUT2D eigenvalue weighted by Gasteiger charge is 2.12. The van der Waals surface area contributed by atoms with E-state index >= 15 is 0 Å². The third-order valence-corrected chi connectivity index (χ3v) is 4.01. The Labute approximate surface area is 132 Å². The van der Waals surface area contributed by atoms with E-state index in [9.17, 15) is 0 Å². The molecular weight excluding hydrogens is 290 g/mol. The van der Waals surface area contributed by atoms with Crippen molar-refractivity contribution in [3.8, 4) is 0 Å². The maximum absolute atomic E-state index is 5.90. The zero-order valence-electron chi connectivity index (χ0n) is 12.8. The molecule has 4 aromatic rings. The van der Waals surface area contributed by atoms with Crippen molar-refractivity contribution in [2.75, 3.05) is 11.9 Å². The molecule has 2 N–H and O–H groups in total.